The lowest BCUT2D eigenvalue weighted by atomic mass is 10.1. The number of azide groups is 1. The molecule has 0 atom stereocenters. The molecular formula is C11H13ClN8. The molecule has 2 rings (SSSR count). The van der Waals surface area contributed by atoms with Gasteiger partial charge in [-0.25, -0.2) is 4.99 Å². The van der Waals surface area contributed by atoms with Crippen LogP contribution < -0.4 is 16.4 Å². The third kappa shape index (κ3) is 2.47. The van der Waals surface area contributed by atoms with Gasteiger partial charge in [0.2, 0.25) is 11.9 Å². The topological polar surface area (TPSA) is 129 Å². The average Bonchev–Trinajstić information content (AvgIpc) is 2.31. The zero-order chi connectivity index (χ0) is 14.9. The first kappa shape index (κ1) is 14.0. The van der Waals surface area contributed by atoms with Gasteiger partial charge in [0.25, 0.3) is 0 Å². The SMILES string of the molecule is CC1(C)N=C(N)N=C(N)N1c1cc(N=[N+]=[N-])ccc1Cl. The minimum absolute atomic E-state index is 0.103. The van der Waals surface area contributed by atoms with Crippen molar-refractivity contribution in [3.63, 3.8) is 0 Å². The van der Waals surface area contributed by atoms with Gasteiger partial charge >= 0.3 is 0 Å². The molecule has 1 aliphatic heterocycles. The first-order valence-corrected chi connectivity index (χ1v) is 6.07. The predicted octanol–water partition coefficient (Wildman–Crippen LogP) is 2.47. The number of anilines is 1. The maximum atomic E-state index is 8.50. The van der Waals surface area contributed by atoms with E-state index in [1.165, 1.54) is 0 Å². The molecule has 1 aromatic carbocycles. The monoisotopic (exact) mass is 292 g/mol. The molecule has 1 aliphatic rings. The summed E-state index contributed by atoms with van der Waals surface area (Å²) in [6.07, 6.45) is 0. The molecule has 0 radical (unpaired) electrons. The van der Waals surface area contributed by atoms with E-state index in [2.05, 4.69) is 20.0 Å². The number of aliphatic imine (C=N–C) groups is 2. The highest BCUT2D eigenvalue weighted by Gasteiger charge is 2.34. The third-order valence-corrected chi connectivity index (χ3v) is 3.04. The molecule has 8 nitrogen and oxygen atoms in total. The highest BCUT2D eigenvalue weighted by atomic mass is 35.5. The van der Waals surface area contributed by atoms with Crippen LogP contribution in [0.25, 0.3) is 10.4 Å². The molecule has 1 aromatic rings. The van der Waals surface area contributed by atoms with E-state index in [0.717, 1.165) is 0 Å². The molecule has 104 valence electrons. The number of rotatable bonds is 2. The van der Waals surface area contributed by atoms with Gasteiger partial charge in [-0.15, -0.1) is 0 Å². The van der Waals surface area contributed by atoms with Gasteiger partial charge in [0.05, 0.1) is 10.7 Å². The van der Waals surface area contributed by atoms with Crippen LogP contribution in [0.4, 0.5) is 11.4 Å². The van der Waals surface area contributed by atoms with Crippen LogP contribution in [0.1, 0.15) is 13.8 Å². The zero-order valence-corrected chi connectivity index (χ0v) is 11.7. The largest absolute Gasteiger partial charge is 0.369 e. The van der Waals surface area contributed by atoms with Gasteiger partial charge in [0.1, 0.15) is 5.66 Å². The van der Waals surface area contributed by atoms with E-state index in [1.807, 2.05) is 13.8 Å². The van der Waals surface area contributed by atoms with Gasteiger partial charge in [-0.2, -0.15) is 4.99 Å². The van der Waals surface area contributed by atoms with Crippen LogP contribution >= 0.6 is 11.6 Å². The van der Waals surface area contributed by atoms with Gasteiger partial charge < -0.3 is 11.5 Å². The fourth-order valence-corrected chi connectivity index (χ4v) is 2.21. The fraction of sp³-hybridized carbons (Fsp3) is 0.273. The summed E-state index contributed by atoms with van der Waals surface area (Å²) < 4.78 is 0. The van der Waals surface area contributed by atoms with E-state index in [9.17, 15) is 0 Å². The quantitative estimate of drug-likeness (QED) is 0.493. The molecule has 4 N–H and O–H groups in total. The maximum absolute atomic E-state index is 8.50. The Morgan fingerprint density at radius 1 is 1.40 bits per heavy atom. The highest BCUT2D eigenvalue weighted by Crippen LogP contribution is 2.35. The Hall–Kier alpha value is -2.44. The Labute approximate surface area is 120 Å². The van der Waals surface area contributed by atoms with Gasteiger partial charge in [-0.1, -0.05) is 22.8 Å². The minimum Gasteiger partial charge on any atom is -0.369 e. The zero-order valence-electron chi connectivity index (χ0n) is 10.9. The molecular weight excluding hydrogens is 280 g/mol. The number of benzene rings is 1. The Balaban J connectivity index is 2.58. The Morgan fingerprint density at radius 3 is 2.70 bits per heavy atom. The number of halogens is 1. The Bertz CT molecular complexity index is 656. The van der Waals surface area contributed by atoms with Gasteiger partial charge in [0, 0.05) is 10.6 Å². The van der Waals surface area contributed by atoms with Gasteiger partial charge in [-0.3, -0.25) is 4.90 Å². The summed E-state index contributed by atoms with van der Waals surface area (Å²) in [6, 6.07) is 4.84. The third-order valence-electron chi connectivity index (χ3n) is 2.72. The predicted molar refractivity (Wildman–Crippen MR) is 80.1 cm³/mol. The summed E-state index contributed by atoms with van der Waals surface area (Å²) in [5.41, 5.74) is 20.2. The molecule has 0 aliphatic carbocycles. The van der Waals surface area contributed by atoms with Crippen LogP contribution in [0.5, 0.6) is 0 Å². The summed E-state index contributed by atoms with van der Waals surface area (Å²) in [7, 11) is 0. The van der Waals surface area contributed by atoms with Crippen LogP contribution in [-0.4, -0.2) is 17.6 Å². The van der Waals surface area contributed by atoms with E-state index < -0.39 is 5.66 Å². The molecule has 0 spiro atoms. The van der Waals surface area contributed by atoms with E-state index in [1.54, 1.807) is 23.1 Å². The highest BCUT2D eigenvalue weighted by molar-refractivity contribution is 6.34. The number of hydrogen-bond acceptors (Lipinski definition) is 6. The van der Waals surface area contributed by atoms with Crippen molar-refractivity contribution in [3.8, 4) is 0 Å². The summed E-state index contributed by atoms with van der Waals surface area (Å²) in [5, 5.41) is 3.98. The van der Waals surface area contributed by atoms with Crippen LogP contribution in [0, 0.1) is 0 Å². The summed E-state index contributed by atoms with van der Waals surface area (Å²) in [5.74, 6) is 0.272. The molecule has 20 heavy (non-hydrogen) atoms. The second-order valence-electron chi connectivity index (χ2n) is 4.59. The standard InChI is InChI=1S/C11H13ClN8/c1-11(2)17-9(13)16-10(14)20(11)8-5-6(18-19-15)3-4-7(8)12/h3-5H,1-2H3,(H4,13,14,16,17). The molecule has 0 unspecified atom stereocenters. The summed E-state index contributed by atoms with van der Waals surface area (Å²) in [6.45, 7) is 3.63. The van der Waals surface area contributed by atoms with Crippen molar-refractivity contribution < 1.29 is 0 Å². The van der Waals surface area contributed by atoms with E-state index in [0.29, 0.717) is 16.4 Å². The lowest BCUT2D eigenvalue weighted by Crippen LogP contribution is -2.54. The smallest absolute Gasteiger partial charge is 0.220 e. The molecule has 0 aromatic heterocycles. The molecule has 0 saturated heterocycles. The van der Waals surface area contributed by atoms with Gasteiger partial charge in [0.15, 0.2) is 0 Å². The number of hydrogen-bond donors (Lipinski definition) is 2. The number of guanidine groups is 2. The normalized spacial score (nSPS) is 17.1. The first-order chi connectivity index (χ1) is 9.35. The second-order valence-corrected chi connectivity index (χ2v) is 5.00. The van der Waals surface area contributed by atoms with Crippen LogP contribution in [0.15, 0.2) is 33.3 Å². The minimum atomic E-state index is -0.755. The average molecular weight is 293 g/mol. The first-order valence-electron chi connectivity index (χ1n) is 5.69. The Kier molecular flexibility index (Phi) is 3.44. The van der Waals surface area contributed by atoms with Crippen LogP contribution in [0.3, 0.4) is 0 Å². The van der Waals surface area contributed by atoms with Crippen LogP contribution in [-0.2, 0) is 0 Å². The van der Waals surface area contributed by atoms with Crippen molar-refractivity contribution in [2.24, 2.45) is 26.6 Å². The number of nitrogens with two attached hydrogens (primary N) is 2. The molecule has 1 heterocycles. The van der Waals surface area contributed by atoms with E-state index in [4.69, 9.17) is 28.6 Å². The van der Waals surface area contributed by atoms with Crippen molar-refractivity contribution in [2.75, 3.05) is 4.90 Å². The van der Waals surface area contributed by atoms with Crippen LogP contribution in [0.2, 0.25) is 5.02 Å². The summed E-state index contributed by atoms with van der Waals surface area (Å²) >= 11 is 6.19. The van der Waals surface area contributed by atoms with E-state index in [-0.39, 0.29) is 11.9 Å². The number of nitrogens with zero attached hydrogens (tertiary/aromatic N) is 6. The fourth-order valence-electron chi connectivity index (χ4n) is 2.01. The van der Waals surface area contributed by atoms with Crippen molar-refractivity contribution in [2.45, 2.75) is 19.5 Å². The molecule has 9 heteroatoms. The second kappa shape index (κ2) is 4.92. The lowest BCUT2D eigenvalue weighted by Gasteiger charge is -2.38. The van der Waals surface area contributed by atoms with E-state index >= 15 is 0 Å². The van der Waals surface area contributed by atoms with Crippen molar-refractivity contribution in [1.29, 1.82) is 0 Å². The molecule has 0 bridgehead atoms. The lowest BCUT2D eigenvalue weighted by molar-refractivity contribution is 0.534. The summed E-state index contributed by atoms with van der Waals surface area (Å²) in [4.78, 5) is 12.5. The van der Waals surface area contributed by atoms with Crippen molar-refractivity contribution in [1.82, 2.24) is 0 Å². The maximum Gasteiger partial charge on any atom is 0.220 e. The molecule has 0 amide bonds. The Morgan fingerprint density at radius 2 is 2.10 bits per heavy atom. The molecule has 0 saturated carbocycles. The van der Waals surface area contributed by atoms with Crippen molar-refractivity contribution >= 4 is 34.9 Å². The van der Waals surface area contributed by atoms with Crippen molar-refractivity contribution in [3.05, 3.63) is 33.7 Å². The molecule has 0 fully saturated rings. The van der Waals surface area contributed by atoms with Gasteiger partial charge in [-0.05, 0) is 31.5 Å².